The molecule has 19 heavy (non-hydrogen) atoms. The van der Waals surface area contributed by atoms with Crippen LogP contribution < -0.4 is 10.6 Å². The molecule has 4 nitrogen and oxygen atoms in total. The van der Waals surface area contributed by atoms with Crippen LogP contribution in [0.4, 0.5) is 5.82 Å². The van der Waals surface area contributed by atoms with Crippen molar-refractivity contribution in [1.29, 1.82) is 0 Å². The van der Waals surface area contributed by atoms with Crippen molar-refractivity contribution in [2.75, 3.05) is 31.5 Å². The average Bonchev–Trinajstić information content (AvgIpc) is 2.40. The summed E-state index contributed by atoms with van der Waals surface area (Å²) in [5, 5.41) is 6.76. The minimum atomic E-state index is 0.857. The fourth-order valence-corrected chi connectivity index (χ4v) is 3.16. The number of nitrogens with zero attached hydrogens (tertiary/aromatic N) is 2. The van der Waals surface area contributed by atoms with Gasteiger partial charge >= 0.3 is 126 Å². The van der Waals surface area contributed by atoms with Gasteiger partial charge in [0.05, 0.1) is 0 Å². The van der Waals surface area contributed by atoms with E-state index in [4.69, 9.17) is 0 Å². The number of aromatic nitrogens is 1. The standard InChI is InChI=1S/C14H22N4.W/c1-13-5-4-9-18(11-13)10-8-15-12-17-14-6-2-3-7-16-14;/h2-3,6-7,13,15H,4-5,8-11H2,1H3,(H,16,17);. The molecule has 104 valence electrons. The number of rotatable bonds is 6. The molecule has 0 bridgehead atoms. The normalized spacial score (nSPS) is 20.2. The fourth-order valence-electron chi connectivity index (χ4n) is 2.41. The summed E-state index contributed by atoms with van der Waals surface area (Å²) in [4.78, 5) is 6.82. The van der Waals surface area contributed by atoms with E-state index >= 15 is 0 Å². The number of likely N-dealkylation sites (tertiary alicyclic amines) is 1. The van der Waals surface area contributed by atoms with Gasteiger partial charge in [0.1, 0.15) is 0 Å². The van der Waals surface area contributed by atoms with Gasteiger partial charge in [-0.2, -0.15) is 0 Å². The molecule has 0 radical (unpaired) electrons. The Morgan fingerprint density at radius 3 is 3.16 bits per heavy atom. The zero-order valence-electron chi connectivity index (χ0n) is 11.4. The third kappa shape index (κ3) is 5.51. The van der Waals surface area contributed by atoms with E-state index in [1.165, 1.54) is 45.3 Å². The van der Waals surface area contributed by atoms with Gasteiger partial charge in [-0.1, -0.05) is 0 Å². The second kappa shape index (κ2) is 7.88. The summed E-state index contributed by atoms with van der Waals surface area (Å²) in [6, 6.07) is 5.91. The van der Waals surface area contributed by atoms with Gasteiger partial charge in [0, 0.05) is 0 Å². The molecule has 0 aliphatic carbocycles. The topological polar surface area (TPSA) is 40.2 Å². The number of hydrogen-bond acceptors (Lipinski definition) is 4. The molecule has 1 aromatic heterocycles. The van der Waals surface area contributed by atoms with Crippen molar-refractivity contribution >= 4 is 9.96 Å². The predicted octanol–water partition coefficient (Wildman–Crippen LogP) is 1.45. The molecule has 0 spiro atoms. The van der Waals surface area contributed by atoms with Crippen molar-refractivity contribution in [1.82, 2.24) is 15.2 Å². The van der Waals surface area contributed by atoms with Crippen LogP contribution in [0, 0.1) is 5.92 Å². The first-order chi connectivity index (χ1) is 9.24. The van der Waals surface area contributed by atoms with Gasteiger partial charge in [-0.15, -0.1) is 0 Å². The Bertz CT molecular complexity index is 396. The molecule has 1 fully saturated rings. The number of piperidine rings is 1. The molecular formula is C14H22N4W. The maximum absolute atomic E-state index is 4.26. The Morgan fingerprint density at radius 1 is 1.53 bits per heavy atom. The third-order valence-electron chi connectivity index (χ3n) is 3.36. The molecule has 1 aliphatic heterocycles. The van der Waals surface area contributed by atoms with Crippen LogP contribution >= 0.6 is 0 Å². The average molecular weight is 430 g/mol. The first kappa shape index (κ1) is 14.8. The molecule has 1 aliphatic rings. The molecule has 2 heterocycles. The predicted molar refractivity (Wildman–Crippen MR) is 75.7 cm³/mol. The van der Waals surface area contributed by atoms with E-state index < -0.39 is 0 Å². The van der Waals surface area contributed by atoms with Crippen LogP contribution in [0.25, 0.3) is 0 Å². The summed E-state index contributed by atoms with van der Waals surface area (Å²) in [6.07, 6.45) is 4.54. The summed E-state index contributed by atoms with van der Waals surface area (Å²) in [5.74, 6) is 1.77. The SMILES string of the molecule is CC1CCCN(CCN[C](=[W])Nc2ccccn2)C1. The Kier molecular flexibility index (Phi) is 6.15. The van der Waals surface area contributed by atoms with E-state index in [2.05, 4.69) is 27.4 Å². The molecule has 5 heteroatoms. The van der Waals surface area contributed by atoms with E-state index in [1.54, 1.807) is 6.20 Å². The number of nitrogens with one attached hydrogen (secondary N) is 2. The number of hydrogen-bond donors (Lipinski definition) is 2. The van der Waals surface area contributed by atoms with Gasteiger partial charge < -0.3 is 0 Å². The maximum atomic E-state index is 4.26. The zero-order valence-corrected chi connectivity index (χ0v) is 14.4. The molecule has 1 atom stereocenters. The first-order valence-corrected chi connectivity index (χ1v) is 8.39. The second-order valence-corrected chi connectivity index (χ2v) is 6.61. The summed E-state index contributed by atoms with van der Waals surface area (Å²) < 4.78 is 1.14. The van der Waals surface area contributed by atoms with Crippen molar-refractivity contribution in [3.63, 3.8) is 0 Å². The Labute approximate surface area is 126 Å². The molecule has 0 saturated carbocycles. The van der Waals surface area contributed by atoms with E-state index in [0.717, 1.165) is 29.0 Å². The van der Waals surface area contributed by atoms with E-state index in [9.17, 15) is 0 Å². The number of anilines is 1. The van der Waals surface area contributed by atoms with Gasteiger partial charge in [0.25, 0.3) is 0 Å². The van der Waals surface area contributed by atoms with Crippen LogP contribution in [0.3, 0.4) is 0 Å². The summed E-state index contributed by atoms with van der Waals surface area (Å²) in [6.45, 7) is 6.99. The Balaban J connectivity index is 1.64. The summed E-state index contributed by atoms with van der Waals surface area (Å²) in [7, 11) is 0. The molecule has 1 unspecified atom stereocenters. The number of pyridine rings is 1. The van der Waals surface area contributed by atoms with Crippen molar-refractivity contribution in [2.45, 2.75) is 19.8 Å². The Hall–Kier alpha value is -0.572. The van der Waals surface area contributed by atoms with Crippen molar-refractivity contribution in [3.8, 4) is 0 Å². The molecule has 0 amide bonds. The zero-order chi connectivity index (χ0) is 13.5. The van der Waals surface area contributed by atoms with Gasteiger partial charge in [-0.05, 0) is 0 Å². The summed E-state index contributed by atoms with van der Waals surface area (Å²) in [5.41, 5.74) is 0. The van der Waals surface area contributed by atoms with Crippen LogP contribution in [0.2, 0.25) is 0 Å². The molecule has 2 N–H and O–H groups in total. The van der Waals surface area contributed by atoms with Crippen LogP contribution in [0.5, 0.6) is 0 Å². The monoisotopic (exact) mass is 430 g/mol. The first-order valence-electron chi connectivity index (χ1n) is 6.92. The molecule has 1 saturated heterocycles. The van der Waals surface area contributed by atoms with Crippen LogP contribution in [-0.2, 0) is 19.4 Å². The van der Waals surface area contributed by atoms with Crippen molar-refractivity contribution in [3.05, 3.63) is 24.4 Å². The van der Waals surface area contributed by atoms with Crippen LogP contribution in [-0.4, -0.2) is 40.2 Å². The fraction of sp³-hybridized carbons (Fsp3) is 0.571. The Morgan fingerprint density at radius 2 is 2.42 bits per heavy atom. The molecule has 1 aromatic rings. The molecule has 2 rings (SSSR count). The quantitative estimate of drug-likeness (QED) is 0.717. The molecule has 0 aromatic carbocycles. The van der Waals surface area contributed by atoms with E-state index in [-0.39, 0.29) is 0 Å². The van der Waals surface area contributed by atoms with Gasteiger partial charge in [0.15, 0.2) is 0 Å². The van der Waals surface area contributed by atoms with E-state index in [1.807, 2.05) is 18.2 Å². The second-order valence-electron chi connectivity index (χ2n) is 5.14. The van der Waals surface area contributed by atoms with Crippen LogP contribution in [0.1, 0.15) is 19.8 Å². The van der Waals surface area contributed by atoms with Crippen LogP contribution in [0.15, 0.2) is 24.4 Å². The van der Waals surface area contributed by atoms with E-state index in [0.29, 0.717) is 0 Å². The van der Waals surface area contributed by atoms with Gasteiger partial charge in [0.2, 0.25) is 0 Å². The molecular weight excluding hydrogens is 408 g/mol. The van der Waals surface area contributed by atoms with Crippen molar-refractivity contribution in [2.24, 2.45) is 5.92 Å². The van der Waals surface area contributed by atoms with Gasteiger partial charge in [-0.25, -0.2) is 0 Å². The third-order valence-corrected chi connectivity index (χ3v) is 4.25. The summed E-state index contributed by atoms with van der Waals surface area (Å²) >= 11 is 1.41. The van der Waals surface area contributed by atoms with Crippen molar-refractivity contribution < 1.29 is 19.4 Å². The van der Waals surface area contributed by atoms with Gasteiger partial charge in [-0.3, -0.25) is 0 Å². The minimum absolute atomic E-state index is 0.857.